The number of ether oxygens (including phenoxy) is 1. The highest BCUT2D eigenvalue weighted by Crippen LogP contribution is 2.35. The highest BCUT2D eigenvalue weighted by Gasteiger charge is 2.25. The molecule has 0 aliphatic heterocycles. The molecule has 0 atom stereocenters. The van der Waals surface area contributed by atoms with Crippen LogP contribution in [0.2, 0.25) is 0 Å². The first-order valence-corrected chi connectivity index (χ1v) is 8.67. The molecular weight excluding hydrogens is 328 g/mol. The Bertz CT molecular complexity index is 720. The molecule has 2 aromatic heterocycles. The zero-order chi connectivity index (χ0) is 17.7. The van der Waals surface area contributed by atoms with Crippen molar-refractivity contribution in [1.29, 1.82) is 0 Å². The molecule has 0 fully saturated rings. The minimum absolute atomic E-state index is 0.0494. The van der Waals surface area contributed by atoms with Gasteiger partial charge in [0.25, 0.3) is 5.91 Å². The molecule has 0 saturated heterocycles. The highest BCUT2D eigenvalue weighted by atomic mass is 32.1. The van der Waals surface area contributed by atoms with E-state index in [1.807, 2.05) is 28.3 Å². The number of carbonyl (C=O) groups is 2. The lowest BCUT2D eigenvalue weighted by Gasteiger charge is -2.12. The summed E-state index contributed by atoms with van der Waals surface area (Å²) in [5, 5.41) is 13.1. The zero-order valence-electron chi connectivity index (χ0n) is 13.9. The van der Waals surface area contributed by atoms with Crippen LogP contribution in [0.4, 0.5) is 0 Å². The number of aliphatic hydroxyl groups is 1. The standard InChI is InChI=1S/C17H22N2O4S/c1-11-15(17(18)22)16(12-6-9-24-10-12)13(4-5-14(21)23-2)19(11)7-3-8-20/h6,9-10,20H,3-5,7-8H2,1-2H3,(H2,18,22). The second-order valence-corrected chi connectivity index (χ2v) is 6.24. The van der Waals surface area contributed by atoms with Gasteiger partial charge in [-0.05, 0) is 42.2 Å². The van der Waals surface area contributed by atoms with Gasteiger partial charge in [-0.15, -0.1) is 0 Å². The number of amides is 1. The number of nitrogens with two attached hydrogens (primary N) is 1. The molecule has 6 nitrogen and oxygen atoms in total. The Balaban J connectivity index is 2.59. The summed E-state index contributed by atoms with van der Waals surface area (Å²) < 4.78 is 6.71. The molecule has 0 saturated carbocycles. The molecule has 2 heterocycles. The Kier molecular flexibility index (Phi) is 6.16. The van der Waals surface area contributed by atoms with Crippen LogP contribution in [-0.2, 0) is 22.5 Å². The van der Waals surface area contributed by atoms with Crippen molar-refractivity contribution < 1.29 is 19.4 Å². The van der Waals surface area contributed by atoms with Crippen molar-refractivity contribution in [3.05, 3.63) is 33.8 Å². The molecule has 0 radical (unpaired) electrons. The van der Waals surface area contributed by atoms with Gasteiger partial charge in [-0.25, -0.2) is 0 Å². The fourth-order valence-corrected chi connectivity index (χ4v) is 3.58. The van der Waals surface area contributed by atoms with E-state index in [1.165, 1.54) is 18.4 Å². The maximum Gasteiger partial charge on any atom is 0.305 e. The molecule has 2 aromatic rings. The molecule has 0 bridgehead atoms. The van der Waals surface area contributed by atoms with Crippen molar-refractivity contribution in [2.75, 3.05) is 13.7 Å². The molecule has 0 spiro atoms. The molecule has 7 heteroatoms. The summed E-state index contributed by atoms with van der Waals surface area (Å²) in [5.41, 5.74) is 9.43. The predicted octanol–water partition coefficient (Wildman–Crippen LogP) is 2.11. The zero-order valence-corrected chi connectivity index (χ0v) is 14.7. The molecular formula is C17H22N2O4S. The highest BCUT2D eigenvalue weighted by molar-refractivity contribution is 7.08. The average molecular weight is 350 g/mol. The maximum atomic E-state index is 12.0. The van der Waals surface area contributed by atoms with Crippen LogP contribution in [0.3, 0.4) is 0 Å². The number of aromatic nitrogens is 1. The summed E-state index contributed by atoms with van der Waals surface area (Å²) in [6, 6.07) is 1.93. The van der Waals surface area contributed by atoms with Crippen LogP contribution in [0.5, 0.6) is 0 Å². The number of thiophene rings is 1. The monoisotopic (exact) mass is 350 g/mol. The van der Waals surface area contributed by atoms with E-state index in [9.17, 15) is 9.59 Å². The van der Waals surface area contributed by atoms with E-state index in [-0.39, 0.29) is 19.0 Å². The predicted molar refractivity (Wildman–Crippen MR) is 93.0 cm³/mol. The van der Waals surface area contributed by atoms with E-state index in [0.717, 1.165) is 22.5 Å². The van der Waals surface area contributed by atoms with Crippen molar-refractivity contribution >= 4 is 23.2 Å². The van der Waals surface area contributed by atoms with E-state index in [4.69, 9.17) is 15.6 Å². The van der Waals surface area contributed by atoms with E-state index in [2.05, 4.69) is 0 Å². The lowest BCUT2D eigenvalue weighted by molar-refractivity contribution is -0.140. The summed E-state index contributed by atoms with van der Waals surface area (Å²) in [6.45, 7) is 2.45. The first-order chi connectivity index (χ1) is 11.5. The first-order valence-electron chi connectivity index (χ1n) is 7.73. The number of rotatable bonds is 8. The number of methoxy groups -OCH3 is 1. The number of hydrogen-bond donors (Lipinski definition) is 2. The van der Waals surface area contributed by atoms with Gasteiger partial charge in [-0.3, -0.25) is 9.59 Å². The van der Waals surface area contributed by atoms with Crippen LogP contribution in [0.15, 0.2) is 16.8 Å². The van der Waals surface area contributed by atoms with Gasteiger partial charge in [0, 0.05) is 30.1 Å². The molecule has 0 unspecified atom stereocenters. The molecule has 2 rings (SSSR count). The minimum Gasteiger partial charge on any atom is -0.469 e. The van der Waals surface area contributed by atoms with Gasteiger partial charge in [-0.2, -0.15) is 11.3 Å². The van der Waals surface area contributed by atoms with Gasteiger partial charge >= 0.3 is 5.97 Å². The van der Waals surface area contributed by atoms with Crippen molar-refractivity contribution in [1.82, 2.24) is 4.57 Å². The molecule has 3 N–H and O–H groups in total. The summed E-state index contributed by atoms with van der Waals surface area (Å²) in [5.74, 6) is -0.796. The maximum absolute atomic E-state index is 12.0. The molecule has 1 amide bonds. The van der Waals surface area contributed by atoms with Crippen molar-refractivity contribution in [3.63, 3.8) is 0 Å². The number of aliphatic hydroxyl groups excluding tert-OH is 1. The van der Waals surface area contributed by atoms with E-state index >= 15 is 0 Å². The van der Waals surface area contributed by atoms with E-state index in [0.29, 0.717) is 24.9 Å². The molecule has 0 aliphatic carbocycles. The topological polar surface area (TPSA) is 94.5 Å². The average Bonchev–Trinajstić information content (AvgIpc) is 3.16. The van der Waals surface area contributed by atoms with Crippen LogP contribution in [0, 0.1) is 6.92 Å². The molecule has 130 valence electrons. The summed E-state index contributed by atoms with van der Waals surface area (Å²) in [4.78, 5) is 23.6. The van der Waals surface area contributed by atoms with Crippen molar-refractivity contribution in [2.24, 2.45) is 5.73 Å². The number of hydrogen-bond acceptors (Lipinski definition) is 5. The van der Waals surface area contributed by atoms with Gasteiger partial charge in [0.15, 0.2) is 0 Å². The lowest BCUT2D eigenvalue weighted by Crippen LogP contribution is -2.13. The number of primary amides is 1. The van der Waals surface area contributed by atoms with Crippen LogP contribution >= 0.6 is 11.3 Å². The van der Waals surface area contributed by atoms with Gasteiger partial charge < -0.3 is 20.1 Å². The minimum atomic E-state index is -0.490. The number of nitrogens with zero attached hydrogens (tertiary/aromatic N) is 1. The Morgan fingerprint density at radius 3 is 2.71 bits per heavy atom. The Labute approximate surface area is 144 Å². The second kappa shape index (κ2) is 8.12. The molecule has 24 heavy (non-hydrogen) atoms. The Hall–Kier alpha value is -2.12. The second-order valence-electron chi connectivity index (χ2n) is 5.46. The van der Waals surface area contributed by atoms with Gasteiger partial charge in [-0.1, -0.05) is 0 Å². The van der Waals surface area contributed by atoms with E-state index < -0.39 is 5.91 Å². The van der Waals surface area contributed by atoms with Gasteiger partial charge in [0.1, 0.15) is 0 Å². The molecule has 0 aliphatic rings. The molecule has 0 aromatic carbocycles. The third-order valence-electron chi connectivity index (χ3n) is 4.02. The largest absolute Gasteiger partial charge is 0.469 e. The first kappa shape index (κ1) is 18.2. The van der Waals surface area contributed by atoms with Crippen LogP contribution in [-0.4, -0.2) is 35.3 Å². The lowest BCUT2D eigenvalue weighted by atomic mass is 10.0. The Morgan fingerprint density at radius 1 is 1.42 bits per heavy atom. The Morgan fingerprint density at radius 2 is 2.17 bits per heavy atom. The normalized spacial score (nSPS) is 10.8. The van der Waals surface area contributed by atoms with Crippen molar-refractivity contribution in [3.8, 4) is 11.1 Å². The SMILES string of the molecule is COC(=O)CCc1c(-c2ccsc2)c(C(N)=O)c(C)n1CCCO. The fraction of sp³-hybridized carbons (Fsp3) is 0.412. The smallest absolute Gasteiger partial charge is 0.305 e. The third-order valence-corrected chi connectivity index (χ3v) is 4.70. The van der Waals surface area contributed by atoms with Gasteiger partial charge in [0.2, 0.25) is 0 Å². The quantitative estimate of drug-likeness (QED) is 0.713. The summed E-state index contributed by atoms with van der Waals surface area (Å²) >= 11 is 1.53. The summed E-state index contributed by atoms with van der Waals surface area (Å²) in [6.07, 6.45) is 1.22. The third kappa shape index (κ3) is 3.68. The van der Waals surface area contributed by atoms with Crippen LogP contribution in [0.25, 0.3) is 11.1 Å². The fourth-order valence-electron chi connectivity index (χ4n) is 2.93. The number of esters is 1. The van der Waals surface area contributed by atoms with E-state index in [1.54, 1.807) is 0 Å². The van der Waals surface area contributed by atoms with Gasteiger partial charge in [0.05, 0.1) is 19.1 Å². The van der Waals surface area contributed by atoms with Crippen LogP contribution in [0.1, 0.15) is 34.6 Å². The van der Waals surface area contributed by atoms with Crippen molar-refractivity contribution in [2.45, 2.75) is 32.7 Å². The van der Waals surface area contributed by atoms with Crippen LogP contribution < -0.4 is 5.73 Å². The number of carbonyl (C=O) groups excluding carboxylic acids is 2. The summed E-state index contributed by atoms with van der Waals surface area (Å²) in [7, 11) is 1.35.